The van der Waals surface area contributed by atoms with Crippen LogP contribution >= 0.6 is 0 Å². The van der Waals surface area contributed by atoms with Crippen LogP contribution in [0.2, 0.25) is 0 Å². The molecule has 148 valence electrons. The highest BCUT2D eigenvalue weighted by atomic mass is 32.2. The van der Waals surface area contributed by atoms with E-state index in [0.717, 1.165) is 0 Å². The molecule has 0 aromatic carbocycles. The van der Waals surface area contributed by atoms with Crippen LogP contribution in [0.15, 0.2) is 9.05 Å². The zero-order chi connectivity index (χ0) is 19.8. The summed E-state index contributed by atoms with van der Waals surface area (Å²) in [6, 6.07) is 0. The van der Waals surface area contributed by atoms with Gasteiger partial charge >= 0.3 is 0 Å². The molecule has 0 spiro atoms. The Morgan fingerprint density at radius 2 is 1.89 bits per heavy atom. The Hall–Kier alpha value is -2.27. The molecule has 0 aliphatic carbocycles. The number of nitrogens with zero attached hydrogens (tertiary/aromatic N) is 5. The van der Waals surface area contributed by atoms with Gasteiger partial charge in [0.1, 0.15) is 11.3 Å². The van der Waals surface area contributed by atoms with Gasteiger partial charge in [-0.2, -0.15) is 4.98 Å². The largest absolute Gasteiger partial charge is 0.361 e. The van der Waals surface area contributed by atoms with E-state index in [1.54, 1.807) is 20.9 Å². The van der Waals surface area contributed by atoms with Gasteiger partial charge in [-0.3, -0.25) is 4.79 Å². The van der Waals surface area contributed by atoms with Crippen LogP contribution in [-0.2, 0) is 16.6 Å². The van der Waals surface area contributed by atoms with Gasteiger partial charge in [-0.1, -0.05) is 10.3 Å². The Bertz CT molecular complexity index is 907. The monoisotopic (exact) mass is 397 g/mol. The fourth-order valence-electron chi connectivity index (χ4n) is 3.20. The van der Waals surface area contributed by atoms with E-state index < -0.39 is 10.0 Å². The zero-order valence-electron chi connectivity index (χ0n) is 15.8. The number of rotatable bonds is 5. The van der Waals surface area contributed by atoms with Crippen molar-refractivity contribution in [1.29, 1.82) is 0 Å². The van der Waals surface area contributed by atoms with E-state index >= 15 is 0 Å². The standard InChI is InChI=1S/C16H23N5O5S/c1-10-14(11(2)25-18-10)16(22)20(3)9-13-17-15(19-26-13)12-5-7-21(8-6-12)27(4,23)24/h12H,5-9H2,1-4H3. The first-order valence-electron chi connectivity index (χ1n) is 8.62. The van der Waals surface area contributed by atoms with Crippen molar-refractivity contribution in [2.75, 3.05) is 26.4 Å². The van der Waals surface area contributed by atoms with Crippen molar-refractivity contribution >= 4 is 15.9 Å². The van der Waals surface area contributed by atoms with Gasteiger partial charge in [0.15, 0.2) is 5.82 Å². The smallest absolute Gasteiger partial charge is 0.259 e. The summed E-state index contributed by atoms with van der Waals surface area (Å²) in [6.07, 6.45) is 2.49. The predicted molar refractivity (Wildman–Crippen MR) is 94.5 cm³/mol. The van der Waals surface area contributed by atoms with E-state index in [9.17, 15) is 13.2 Å². The minimum atomic E-state index is -3.17. The summed E-state index contributed by atoms with van der Waals surface area (Å²) < 4.78 is 35.0. The first-order chi connectivity index (χ1) is 12.7. The Morgan fingerprint density at radius 3 is 2.44 bits per heavy atom. The molecule has 27 heavy (non-hydrogen) atoms. The Kier molecular flexibility index (Phi) is 5.33. The molecule has 1 aliphatic rings. The molecule has 0 unspecified atom stereocenters. The second-order valence-corrected chi connectivity index (χ2v) is 8.83. The van der Waals surface area contributed by atoms with Crippen LogP contribution in [-0.4, -0.2) is 65.2 Å². The first kappa shape index (κ1) is 19.5. The van der Waals surface area contributed by atoms with Gasteiger partial charge in [-0.15, -0.1) is 0 Å². The van der Waals surface area contributed by atoms with Gasteiger partial charge in [0.05, 0.1) is 18.5 Å². The molecule has 10 nitrogen and oxygen atoms in total. The predicted octanol–water partition coefficient (Wildman–Crippen LogP) is 1.09. The van der Waals surface area contributed by atoms with Crippen molar-refractivity contribution in [2.24, 2.45) is 0 Å². The van der Waals surface area contributed by atoms with Gasteiger partial charge in [0.25, 0.3) is 5.91 Å². The molecular weight excluding hydrogens is 374 g/mol. The van der Waals surface area contributed by atoms with Gasteiger partial charge in [0, 0.05) is 26.1 Å². The van der Waals surface area contributed by atoms with Gasteiger partial charge in [-0.25, -0.2) is 12.7 Å². The Labute approximate surface area is 157 Å². The Balaban J connectivity index is 1.62. The third kappa shape index (κ3) is 4.19. The molecule has 1 aliphatic heterocycles. The molecule has 0 bridgehead atoms. The number of hydrogen-bond donors (Lipinski definition) is 0. The second kappa shape index (κ2) is 7.39. The lowest BCUT2D eigenvalue weighted by atomic mass is 9.98. The van der Waals surface area contributed by atoms with Crippen LogP contribution in [0.4, 0.5) is 0 Å². The van der Waals surface area contributed by atoms with E-state index in [0.29, 0.717) is 54.7 Å². The molecule has 11 heteroatoms. The van der Waals surface area contributed by atoms with Crippen LogP contribution < -0.4 is 0 Å². The molecule has 2 aromatic rings. The average molecular weight is 397 g/mol. The molecule has 3 heterocycles. The molecule has 0 saturated carbocycles. The van der Waals surface area contributed by atoms with E-state index in [-0.39, 0.29) is 18.4 Å². The summed E-state index contributed by atoms with van der Waals surface area (Å²) in [5.41, 5.74) is 0.971. The molecular formula is C16H23N5O5S. The van der Waals surface area contributed by atoms with Crippen LogP contribution in [0.1, 0.15) is 52.3 Å². The molecule has 0 atom stereocenters. The lowest BCUT2D eigenvalue weighted by Gasteiger charge is -2.28. The fraction of sp³-hybridized carbons (Fsp3) is 0.625. The van der Waals surface area contributed by atoms with Crippen LogP contribution in [0.25, 0.3) is 0 Å². The fourth-order valence-corrected chi connectivity index (χ4v) is 4.07. The van der Waals surface area contributed by atoms with Gasteiger partial charge in [0.2, 0.25) is 15.9 Å². The van der Waals surface area contributed by atoms with Gasteiger partial charge in [-0.05, 0) is 26.7 Å². The van der Waals surface area contributed by atoms with Crippen LogP contribution in [0.5, 0.6) is 0 Å². The highest BCUT2D eigenvalue weighted by Gasteiger charge is 2.29. The maximum Gasteiger partial charge on any atom is 0.259 e. The summed E-state index contributed by atoms with van der Waals surface area (Å²) in [7, 11) is -1.53. The van der Waals surface area contributed by atoms with Crippen LogP contribution in [0.3, 0.4) is 0 Å². The third-order valence-electron chi connectivity index (χ3n) is 4.74. The summed E-state index contributed by atoms with van der Waals surface area (Å²) >= 11 is 0. The van der Waals surface area contributed by atoms with E-state index in [4.69, 9.17) is 9.05 Å². The average Bonchev–Trinajstić information content (AvgIpc) is 3.20. The highest BCUT2D eigenvalue weighted by Crippen LogP contribution is 2.27. The van der Waals surface area contributed by atoms with Crippen molar-refractivity contribution < 1.29 is 22.3 Å². The van der Waals surface area contributed by atoms with Crippen molar-refractivity contribution in [3.05, 3.63) is 28.7 Å². The maximum absolute atomic E-state index is 12.6. The number of hydrogen-bond acceptors (Lipinski definition) is 8. The molecule has 2 aromatic heterocycles. The zero-order valence-corrected chi connectivity index (χ0v) is 16.6. The van der Waals surface area contributed by atoms with Crippen molar-refractivity contribution in [3.63, 3.8) is 0 Å². The number of sulfonamides is 1. The lowest BCUT2D eigenvalue weighted by molar-refractivity contribution is 0.0767. The Morgan fingerprint density at radius 1 is 1.22 bits per heavy atom. The van der Waals surface area contributed by atoms with Crippen molar-refractivity contribution in [2.45, 2.75) is 39.2 Å². The number of carbonyl (C=O) groups is 1. The van der Waals surface area contributed by atoms with E-state index in [1.807, 2.05) is 0 Å². The SMILES string of the molecule is Cc1noc(C)c1C(=O)N(C)Cc1nc(C2CCN(S(C)(=O)=O)CC2)no1. The molecule has 1 amide bonds. The number of aromatic nitrogens is 3. The molecule has 0 radical (unpaired) electrons. The molecule has 0 N–H and O–H groups in total. The minimum Gasteiger partial charge on any atom is -0.361 e. The lowest BCUT2D eigenvalue weighted by Crippen LogP contribution is -2.37. The molecule has 1 saturated heterocycles. The quantitative estimate of drug-likeness (QED) is 0.734. The summed E-state index contributed by atoms with van der Waals surface area (Å²) in [5, 5.41) is 7.81. The number of piperidine rings is 1. The second-order valence-electron chi connectivity index (χ2n) is 6.84. The highest BCUT2D eigenvalue weighted by molar-refractivity contribution is 7.88. The summed E-state index contributed by atoms with van der Waals surface area (Å²) in [4.78, 5) is 18.4. The number of carbonyl (C=O) groups excluding carboxylic acids is 1. The molecule has 3 rings (SSSR count). The van der Waals surface area contributed by atoms with Crippen molar-refractivity contribution in [3.8, 4) is 0 Å². The summed E-state index contributed by atoms with van der Waals surface area (Å²) in [6.45, 7) is 4.45. The number of amides is 1. The minimum absolute atomic E-state index is 0.0454. The van der Waals surface area contributed by atoms with Gasteiger partial charge < -0.3 is 13.9 Å². The number of aryl methyl sites for hydroxylation is 2. The maximum atomic E-state index is 12.6. The molecule has 1 fully saturated rings. The topological polar surface area (TPSA) is 123 Å². The summed E-state index contributed by atoms with van der Waals surface area (Å²) in [5.74, 6) is 1.17. The van der Waals surface area contributed by atoms with Crippen LogP contribution in [0, 0.1) is 13.8 Å². The normalized spacial score (nSPS) is 16.6. The van der Waals surface area contributed by atoms with Crippen molar-refractivity contribution in [1.82, 2.24) is 24.5 Å². The first-order valence-corrected chi connectivity index (χ1v) is 10.5. The third-order valence-corrected chi connectivity index (χ3v) is 6.04. The van der Waals surface area contributed by atoms with E-state index in [2.05, 4.69) is 15.3 Å². The van der Waals surface area contributed by atoms with E-state index in [1.165, 1.54) is 15.5 Å².